The predicted octanol–water partition coefficient (Wildman–Crippen LogP) is 5.27. The molecule has 2 aromatic carbocycles. The molecule has 0 radical (unpaired) electrons. The summed E-state index contributed by atoms with van der Waals surface area (Å²) in [7, 11) is 0. The Bertz CT molecular complexity index is 890. The van der Waals surface area contributed by atoms with E-state index in [-0.39, 0.29) is 5.78 Å². The zero-order valence-electron chi connectivity index (χ0n) is 13.2. The predicted molar refractivity (Wildman–Crippen MR) is 98.6 cm³/mol. The molecule has 3 heteroatoms. The summed E-state index contributed by atoms with van der Waals surface area (Å²) in [6.07, 6.45) is 0.850. The minimum absolute atomic E-state index is 0.0301. The summed E-state index contributed by atoms with van der Waals surface area (Å²) in [5.74, 6) is -0.0301. The molecule has 0 aliphatic heterocycles. The highest BCUT2D eigenvalue weighted by Crippen LogP contribution is 2.32. The van der Waals surface area contributed by atoms with Gasteiger partial charge in [0, 0.05) is 16.7 Å². The largest absolute Gasteiger partial charge is 0.297 e. The van der Waals surface area contributed by atoms with Crippen LogP contribution in [0.5, 0.6) is 0 Å². The van der Waals surface area contributed by atoms with Gasteiger partial charge in [-0.1, -0.05) is 60.7 Å². The first-order chi connectivity index (χ1) is 11.7. The Morgan fingerprint density at radius 2 is 1.46 bits per heavy atom. The second-order valence-electron chi connectivity index (χ2n) is 5.38. The first kappa shape index (κ1) is 16.1. The maximum absolute atomic E-state index is 12.9. The summed E-state index contributed by atoms with van der Waals surface area (Å²) in [5, 5.41) is 1.88. The molecule has 0 spiro atoms. The number of thiophene rings is 1. The lowest BCUT2D eigenvalue weighted by atomic mass is 9.90. The fraction of sp³-hybridized carbons (Fsp3) is 0.0476. The molecule has 1 heterocycles. The van der Waals surface area contributed by atoms with Crippen LogP contribution in [0.15, 0.2) is 77.7 Å². The standard InChI is InChI=1S/C21H16O2S/c1-15(21(23)17-10-6-3-7-11-17)20(16-8-4-2-5-9-16)18-12-13-24-19(18)14-22/h2-14H,1H3/b20-15-. The van der Waals surface area contributed by atoms with E-state index in [0.29, 0.717) is 16.0 Å². The molecule has 1 aromatic heterocycles. The van der Waals surface area contributed by atoms with Crippen LogP contribution in [0.2, 0.25) is 0 Å². The molecular weight excluding hydrogens is 316 g/mol. The van der Waals surface area contributed by atoms with Gasteiger partial charge in [-0.15, -0.1) is 11.3 Å². The second-order valence-corrected chi connectivity index (χ2v) is 6.33. The lowest BCUT2D eigenvalue weighted by Crippen LogP contribution is -2.05. The zero-order chi connectivity index (χ0) is 16.9. The fourth-order valence-corrected chi connectivity index (χ4v) is 3.42. The molecule has 0 saturated heterocycles. The smallest absolute Gasteiger partial charge is 0.189 e. The van der Waals surface area contributed by atoms with Gasteiger partial charge in [0.2, 0.25) is 0 Å². The van der Waals surface area contributed by atoms with Crippen molar-refractivity contribution >= 4 is 29.0 Å². The highest BCUT2D eigenvalue weighted by molar-refractivity contribution is 7.12. The number of hydrogen-bond donors (Lipinski definition) is 0. The van der Waals surface area contributed by atoms with E-state index in [1.807, 2.05) is 79.0 Å². The van der Waals surface area contributed by atoms with E-state index >= 15 is 0 Å². The molecule has 0 N–H and O–H groups in total. The molecule has 0 atom stereocenters. The Labute approximate surface area is 145 Å². The zero-order valence-corrected chi connectivity index (χ0v) is 14.0. The number of aldehydes is 1. The Kier molecular flexibility index (Phi) is 4.82. The van der Waals surface area contributed by atoms with E-state index in [0.717, 1.165) is 23.0 Å². The molecule has 0 aliphatic carbocycles. The normalized spacial score (nSPS) is 11.7. The molecule has 0 amide bonds. The van der Waals surface area contributed by atoms with Crippen LogP contribution < -0.4 is 0 Å². The number of Topliss-reactive ketones (excluding diaryl/α,β-unsaturated/α-hetero) is 1. The van der Waals surface area contributed by atoms with Gasteiger partial charge in [0.15, 0.2) is 12.1 Å². The number of benzene rings is 2. The van der Waals surface area contributed by atoms with Crippen molar-refractivity contribution in [2.45, 2.75) is 6.92 Å². The number of carbonyl (C=O) groups is 2. The summed E-state index contributed by atoms with van der Waals surface area (Å²) in [6.45, 7) is 1.82. The fourth-order valence-electron chi connectivity index (χ4n) is 2.72. The van der Waals surface area contributed by atoms with E-state index in [4.69, 9.17) is 0 Å². The lowest BCUT2D eigenvalue weighted by molar-refractivity contribution is 0.103. The Morgan fingerprint density at radius 3 is 2.04 bits per heavy atom. The van der Waals surface area contributed by atoms with Crippen molar-refractivity contribution in [2.24, 2.45) is 0 Å². The lowest BCUT2D eigenvalue weighted by Gasteiger charge is -2.12. The van der Waals surface area contributed by atoms with Crippen LogP contribution in [0.25, 0.3) is 5.57 Å². The van der Waals surface area contributed by atoms with E-state index in [9.17, 15) is 9.59 Å². The first-order valence-electron chi connectivity index (χ1n) is 7.61. The van der Waals surface area contributed by atoms with Crippen molar-refractivity contribution in [1.82, 2.24) is 0 Å². The number of carbonyl (C=O) groups excluding carboxylic acids is 2. The summed E-state index contributed by atoms with van der Waals surface area (Å²) in [5.41, 5.74) is 3.83. The van der Waals surface area contributed by atoms with Crippen LogP contribution in [-0.4, -0.2) is 12.1 Å². The summed E-state index contributed by atoms with van der Waals surface area (Å²) < 4.78 is 0. The van der Waals surface area contributed by atoms with Gasteiger partial charge >= 0.3 is 0 Å². The number of rotatable bonds is 5. The Hall–Kier alpha value is -2.78. The summed E-state index contributed by atoms with van der Waals surface area (Å²) in [6, 6.07) is 20.8. The highest BCUT2D eigenvalue weighted by atomic mass is 32.1. The van der Waals surface area contributed by atoms with Crippen LogP contribution in [0.4, 0.5) is 0 Å². The van der Waals surface area contributed by atoms with Crippen LogP contribution in [0.1, 0.15) is 38.1 Å². The molecule has 0 bridgehead atoms. The van der Waals surface area contributed by atoms with Crippen molar-refractivity contribution in [3.05, 3.63) is 99.3 Å². The van der Waals surface area contributed by atoms with Gasteiger partial charge in [-0.25, -0.2) is 0 Å². The minimum Gasteiger partial charge on any atom is -0.297 e. The second kappa shape index (κ2) is 7.20. The quantitative estimate of drug-likeness (QED) is 0.362. The van der Waals surface area contributed by atoms with Gasteiger partial charge in [-0.05, 0) is 29.5 Å². The molecule has 3 rings (SSSR count). The van der Waals surface area contributed by atoms with Gasteiger partial charge in [-0.3, -0.25) is 9.59 Å². The Balaban J connectivity index is 2.21. The van der Waals surface area contributed by atoms with E-state index in [2.05, 4.69) is 0 Å². The highest BCUT2D eigenvalue weighted by Gasteiger charge is 2.18. The number of hydrogen-bond acceptors (Lipinski definition) is 3. The molecular formula is C21H16O2S. The molecule has 118 valence electrons. The van der Waals surface area contributed by atoms with Crippen LogP contribution >= 0.6 is 11.3 Å². The number of ketones is 1. The third-order valence-corrected chi connectivity index (χ3v) is 4.73. The van der Waals surface area contributed by atoms with E-state index in [1.54, 1.807) is 0 Å². The summed E-state index contributed by atoms with van der Waals surface area (Å²) >= 11 is 1.38. The molecule has 0 saturated carbocycles. The minimum atomic E-state index is -0.0301. The summed E-state index contributed by atoms with van der Waals surface area (Å²) in [4.78, 5) is 24.9. The van der Waals surface area contributed by atoms with Gasteiger partial charge in [0.05, 0.1) is 4.88 Å². The van der Waals surface area contributed by atoms with Crippen molar-refractivity contribution in [1.29, 1.82) is 0 Å². The topological polar surface area (TPSA) is 34.1 Å². The SMILES string of the molecule is C/C(C(=O)c1ccccc1)=C(\c1ccccc1)c1ccsc1C=O. The van der Waals surface area contributed by atoms with Crippen molar-refractivity contribution in [2.75, 3.05) is 0 Å². The van der Waals surface area contributed by atoms with Crippen LogP contribution in [0.3, 0.4) is 0 Å². The molecule has 3 aromatic rings. The van der Waals surface area contributed by atoms with Crippen LogP contribution in [-0.2, 0) is 0 Å². The average molecular weight is 332 g/mol. The molecule has 24 heavy (non-hydrogen) atoms. The third kappa shape index (κ3) is 3.12. The van der Waals surface area contributed by atoms with Crippen LogP contribution in [0, 0.1) is 0 Å². The average Bonchev–Trinajstić information content (AvgIpc) is 3.11. The monoisotopic (exact) mass is 332 g/mol. The molecule has 0 fully saturated rings. The van der Waals surface area contributed by atoms with Gasteiger partial charge < -0.3 is 0 Å². The number of allylic oxidation sites excluding steroid dienone is 1. The molecule has 0 aliphatic rings. The van der Waals surface area contributed by atoms with Gasteiger partial charge in [0.1, 0.15) is 0 Å². The maximum atomic E-state index is 12.9. The van der Waals surface area contributed by atoms with E-state index in [1.165, 1.54) is 11.3 Å². The Morgan fingerprint density at radius 1 is 0.875 bits per heavy atom. The first-order valence-corrected chi connectivity index (χ1v) is 8.49. The van der Waals surface area contributed by atoms with E-state index < -0.39 is 0 Å². The van der Waals surface area contributed by atoms with Gasteiger partial charge in [0.25, 0.3) is 0 Å². The molecule has 0 unspecified atom stereocenters. The van der Waals surface area contributed by atoms with Gasteiger partial charge in [-0.2, -0.15) is 0 Å². The third-order valence-electron chi connectivity index (χ3n) is 3.89. The van der Waals surface area contributed by atoms with Crippen molar-refractivity contribution in [3.8, 4) is 0 Å². The van der Waals surface area contributed by atoms with Crippen molar-refractivity contribution in [3.63, 3.8) is 0 Å². The maximum Gasteiger partial charge on any atom is 0.189 e. The molecule has 2 nitrogen and oxygen atoms in total. The van der Waals surface area contributed by atoms with Crippen molar-refractivity contribution < 1.29 is 9.59 Å².